The number of nitrogens with one attached hydrogen (secondary N) is 1. The fraction of sp³-hybridized carbons (Fsp3) is 1.00. The second-order valence-corrected chi connectivity index (χ2v) is 4.05. The third-order valence-electron chi connectivity index (χ3n) is 1.93. The Kier molecular flexibility index (Phi) is 5.61. The van der Waals surface area contributed by atoms with Crippen molar-refractivity contribution in [3.05, 3.63) is 0 Å². The molecule has 0 unspecified atom stereocenters. The van der Waals surface area contributed by atoms with Crippen molar-refractivity contribution < 1.29 is 22.0 Å². The molecule has 7 heteroatoms. The monoisotopic (exact) mass is 248 g/mol. The Morgan fingerprint density at radius 2 is 1.62 bits per heavy atom. The summed E-state index contributed by atoms with van der Waals surface area (Å²) in [5.41, 5.74) is 0. The van der Waals surface area contributed by atoms with Crippen molar-refractivity contribution in [3.8, 4) is 0 Å². The first-order valence-electron chi connectivity index (χ1n) is 4.93. The molecule has 0 aliphatic heterocycles. The zero-order valence-electron chi connectivity index (χ0n) is 9.54. The average Bonchev–Trinajstić information content (AvgIpc) is 1.99. The lowest BCUT2D eigenvalue weighted by molar-refractivity contribution is -0.285. The van der Waals surface area contributed by atoms with Gasteiger partial charge in [-0.2, -0.15) is 22.0 Å². The van der Waals surface area contributed by atoms with Crippen LogP contribution in [0.5, 0.6) is 0 Å². The standard InChI is InChI=1S/C9H17F5N2/c1-7(2)15-4-5-16(3)6-8(10,11)9(12,13)14/h7,15H,4-6H2,1-3H3. The SMILES string of the molecule is CC(C)NCCN(C)CC(F)(F)C(F)(F)F. The lowest BCUT2D eigenvalue weighted by Crippen LogP contribution is -2.47. The fourth-order valence-corrected chi connectivity index (χ4v) is 1.05. The summed E-state index contributed by atoms with van der Waals surface area (Å²) in [4.78, 5) is 0.961. The minimum absolute atomic E-state index is 0.143. The summed E-state index contributed by atoms with van der Waals surface area (Å²) in [6, 6.07) is 0.177. The van der Waals surface area contributed by atoms with E-state index in [-0.39, 0.29) is 12.6 Å². The molecule has 0 saturated carbocycles. The highest BCUT2D eigenvalue weighted by Gasteiger charge is 2.57. The maximum atomic E-state index is 12.6. The van der Waals surface area contributed by atoms with Gasteiger partial charge in [0.2, 0.25) is 0 Å². The Morgan fingerprint density at radius 3 is 2.00 bits per heavy atom. The Balaban J connectivity index is 4.00. The molecule has 0 aromatic heterocycles. The van der Waals surface area contributed by atoms with Crippen LogP contribution >= 0.6 is 0 Å². The first-order valence-corrected chi connectivity index (χ1v) is 4.93. The van der Waals surface area contributed by atoms with E-state index < -0.39 is 18.6 Å². The Labute approximate surface area is 91.8 Å². The number of hydrogen-bond donors (Lipinski definition) is 1. The van der Waals surface area contributed by atoms with Crippen LogP contribution in [0.2, 0.25) is 0 Å². The summed E-state index contributed by atoms with van der Waals surface area (Å²) in [6.45, 7) is 2.94. The van der Waals surface area contributed by atoms with Crippen LogP contribution in [0.1, 0.15) is 13.8 Å². The Hall–Kier alpha value is -0.430. The predicted octanol–water partition coefficient (Wildman–Crippen LogP) is 2.11. The van der Waals surface area contributed by atoms with Gasteiger partial charge in [0.05, 0.1) is 6.54 Å². The van der Waals surface area contributed by atoms with Gasteiger partial charge in [0.25, 0.3) is 0 Å². The van der Waals surface area contributed by atoms with Gasteiger partial charge in [-0.05, 0) is 7.05 Å². The molecule has 0 aliphatic rings. The van der Waals surface area contributed by atoms with Crippen molar-refractivity contribution in [2.45, 2.75) is 32.0 Å². The molecule has 1 N–H and O–H groups in total. The van der Waals surface area contributed by atoms with Crippen molar-refractivity contribution >= 4 is 0 Å². The number of rotatable bonds is 6. The molecule has 16 heavy (non-hydrogen) atoms. The van der Waals surface area contributed by atoms with Gasteiger partial charge < -0.3 is 5.32 Å². The van der Waals surface area contributed by atoms with E-state index in [1.165, 1.54) is 7.05 Å². The van der Waals surface area contributed by atoms with Crippen LogP contribution in [-0.4, -0.2) is 49.7 Å². The van der Waals surface area contributed by atoms with Gasteiger partial charge in [-0.25, -0.2) is 0 Å². The van der Waals surface area contributed by atoms with Crippen molar-refractivity contribution in [1.29, 1.82) is 0 Å². The van der Waals surface area contributed by atoms with E-state index in [4.69, 9.17) is 0 Å². The zero-order valence-corrected chi connectivity index (χ0v) is 9.54. The topological polar surface area (TPSA) is 15.3 Å². The van der Waals surface area contributed by atoms with Gasteiger partial charge in [-0.1, -0.05) is 13.8 Å². The summed E-state index contributed by atoms with van der Waals surface area (Å²) in [6.07, 6.45) is -5.48. The number of hydrogen-bond acceptors (Lipinski definition) is 2. The summed E-state index contributed by atoms with van der Waals surface area (Å²) in [5, 5.41) is 2.93. The molecule has 2 nitrogen and oxygen atoms in total. The third-order valence-corrected chi connectivity index (χ3v) is 1.93. The van der Waals surface area contributed by atoms with Crippen LogP contribution in [0.4, 0.5) is 22.0 Å². The molecule has 0 rings (SSSR count). The fourth-order valence-electron chi connectivity index (χ4n) is 1.05. The van der Waals surface area contributed by atoms with Crippen LogP contribution in [0.3, 0.4) is 0 Å². The Morgan fingerprint density at radius 1 is 1.12 bits per heavy atom. The molecule has 0 aromatic carbocycles. The number of likely N-dealkylation sites (N-methyl/N-ethyl adjacent to an activating group) is 1. The van der Waals surface area contributed by atoms with Gasteiger partial charge in [0.15, 0.2) is 0 Å². The summed E-state index contributed by atoms with van der Waals surface area (Å²) in [5.74, 6) is -4.65. The second kappa shape index (κ2) is 5.77. The first kappa shape index (κ1) is 15.6. The summed E-state index contributed by atoms with van der Waals surface area (Å²) >= 11 is 0. The highest BCUT2D eigenvalue weighted by atomic mass is 19.4. The van der Waals surface area contributed by atoms with Crippen LogP contribution in [0.15, 0.2) is 0 Å². The van der Waals surface area contributed by atoms with Crippen LogP contribution in [-0.2, 0) is 0 Å². The summed E-state index contributed by atoms with van der Waals surface area (Å²) in [7, 11) is 1.24. The largest absolute Gasteiger partial charge is 0.454 e. The van der Waals surface area contributed by atoms with Crippen LogP contribution < -0.4 is 5.32 Å². The molecular formula is C9H17F5N2. The molecule has 0 saturated heterocycles. The van der Waals surface area contributed by atoms with Gasteiger partial charge in [-0.15, -0.1) is 0 Å². The zero-order chi connectivity index (χ0) is 13.0. The van der Waals surface area contributed by atoms with Crippen molar-refractivity contribution in [1.82, 2.24) is 10.2 Å². The Bertz CT molecular complexity index is 203. The summed E-state index contributed by atoms with van der Waals surface area (Å²) < 4.78 is 60.7. The number of halogens is 5. The van der Waals surface area contributed by atoms with Crippen molar-refractivity contribution in [2.75, 3.05) is 26.7 Å². The van der Waals surface area contributed by atoms with Gasteiger partial charge >= 0.3 is 12.1 Å². The van der Waals surface area contributed by atoms with E-state index >= 15 is 0 Å². The third kappa shape index (κ3) is 5.60. The normalized spacial score (nSPS) is 13.9. The molecule has 0 radical (unpaired) electrons. The minimum Gasteiger partial charge on any atom is -0.313 e. The van der Waals surface area contributed by atoms with E-state index in [0.717, 1.165) is 4.90 Å². The minimum atomic E-state index is -5.48. The molecule has 0 bridgehead atoms. The molecule has 0 aliphatic carbocycles. The average molecular weight is 248 g/mol. The van der Waals surface area contributed by atoms with E-state index in [1.807, 2.05) is 13.8 Å². The highest BCUT2D eigenvalue weighted by Crippen LogP contribution is 2.35. The number of alkyl halides is 5. The van der Waals surface area contributed by atoms with Gasteiger partial charge in [0, 0.05) is 19.1 Å². The maximum Gasteiger partial charge on any atom is 0.454 e. The highest BCUT2D eigenvalue weighted by molar-refractivity contribution is 4.79. The van der Waals surface area contributed by atoms with Crippen LogP contribution in [0, 0.1) is 0 Å². The molecular weight excluding hydrogens is 231 g/mol. The lowest BCUT2D eigenvalue weighted by atomic mass is 10.3. The molecule has 0 atom stereocenters. The van der Waals surface area contributed by atoms with E-state index in [2.05, 4.69) is 5.32 Å². The molecule has 98 valence electrons. The molecule has 0 spiro atoms. The molecule has 0 aromatic rings. The van der Waals surface area contributed by atoms with Gasteiger partial charge in [0.1, 0.15) is 0 Å². The quantitative estimate of drug-likeness (QED) is 0.724. The van der Waals surface area contributed by atoms with Crippen LogP contribution in [0.25, 0.3) is 0 Å². The second-order valence-electron chi connectivity index (χ2n) is 4.05. The number of nitrogens with zero attached hydrogens (tertiary/aromatic N) is 1. The molecule has 0 heterocycles. The molecule has 0 fully saturated rings. The predicted molar refractivity (Wildman–Crippen MR) is 51.6 cm³/mol. The maximum absolute atomic E-state index is 12.6. The first-order chi connectivity index (χ1) is 7.06. The molecule has 0 amide bonds. The van der Waals surface area contributed by atoms with E-state index in [0.29, 0.717) is 6.54 Å². The van der Waals surface area contributed by atoms with Crippen molar-refractivity contribution in [2.24, 2.45) is 0 Å². The smallest absolute Gasteiger partial charge is 0.313 e. The van der Waals surface area contributed by atoms with E-state index in [1.54, 1.807) is 0 Å². The van der Waals surface area contributed by atoms with E-state index in [9.17, 15) is 22.0 Å². The lowest BCUT2D eigenvalue weighted by Gasteiger charge is -2.25. The van der Waals surface area contributed by atoms with Crippen molar-refractivity contribution in [3.63, 3.8) is 0 Å². The van der Waals surface area contributed by atoms with Gasteiger partial charge in [-0.3, -0.25) is 4.90 Å².